The summed E-state index contributed by atoms with van der Waals surface area (Å²) in [4.78, 5) is 11.1. The second-order valence-electron chi connectivity index (χ2n) is 7.17. The highest BCUT2D eigenvalue weighted by Crippen LogP contribution is 2.43. The fraction of sp³-hybridized carbons (Fsp3) is 0.533. The van der Waals surface area contributed by atoms with Gasteiger partial charge in [-0.15, -0.1) is 11.3 Å². The average molecular weight is 444 g/mol. The van der Waals surface area contributed by atoms with Gasteiger partial charge in [0.1, 0.15) is 10.7 Å². The molecular weight excluding hydrogens is 426 g/mol. The lowest BCUT2D eigenvalue weighted by Crippen LogP contribution is -2.40. The molecule has 0 unspecified atom stereocenters. The molecule has 0 N–H and O–H groups in total. The summed E-state index contributed by atoms with van der Waals surface area (Å²) < 4.78 is 46.3. The van der Waals surface area contributed by atoms with Gasteiger partial charge in [-0.2, -0.15) is 13.2 Å². The predicted octanol–water partition coefficient (Wildman–Crippen LogP) is 6.45. The highest BCUT2D eigenvalue weighted by atomic mass is 35.5. The summed E-state index contributed by atoms with van der Waals surface area (Å²) in [7, 11) is -2.13. The molecule has 2 aromatic rings. The molecule has 0 saturated carbocycles. The minimum absolute atomic E-state index is 0.000668. The summed E-state index contributed by atoms with van der Waals surface area (Å²) in [6.07, 6.45) is -3.49. The molecule has 0 aliphatic heterocycles. The van der Waals surface area contributed by atoms with Crippen LogP contribution in [-0.2, 0) is 17.2 Å². The Morgan fingerprint density at radius 1 is 1.15 bits per heavy atom. The predicted molar refractivity (Wildman–Crippen MR) is 100 cm³/mol. The number of hydrogen-bond donors (Lipinski definition) is 0. The monoisotopic (exact) mass is 443 g/mol. The number of nitrogens with zero attached hydrogens (tertiary/aromatic N) is 3. The van der Waals surface area contributed by atoms with Gasteiger partial charge in [-0.3, -0.25) is 0 Å². The van der Waals surface area contributed by atoms with E-state index in [0.717, 1.165) is 17.5 Å². The van der Waals surface area contributed by atoms with Gasteiger partial charge in [0.25, 0.3) is 0 Å². The topological polar surface area (TPSA) is 47.9 Å². The van der Waals surface area contributed by atoms with E-state index in [2.05, 4.69) is 35.7 Å². The molecule has 2 rings (SSSR count). The normalized spacial score (nSPS) is 13.3. The quantitative estimate of drug-likeness (QED) is 0.402. The van der Waals surface area contributed by atoms with Crippen molar-refractivity contribution < 1.29 is 17.6 Å². The molecule has 4 nitrogen and oxygen atoms in total. The van der Waals surface area contributed by atoms with Crippen molar-refractivity contribution in [2.24, 2.45) is 0 Å². The minimum atomic E-state index is -4.65. The van der Waals surface area contributed by atoms with Crippen LogP contribution >= 0.6 is 34.5 Å². The van der Waals surface area contributed by atoms with Gasteiger partial charge >= 0.3 is 6.18 Å². The van der Waals surface area contributed by atoms with E-state index in [0.29, 0.717) is 0 Å². The van der Waals surface area contributed by atoms with Crippen LogP contribution in [0.1, 0.15) is 31.5 Å². The summed E-state index contributed by atoms with van der Waals surface area (Å²) in [5, 5.41) is -0.0722. The van der Waals surface area contributed by atoms with Crippen molar-refractivity contribution in [1.82, 2.24) is 15.0 Å². The highest BCUT2D eigenvalue weighted by molar-refractivity contribution is 7.15. The molecule has 0 bridgehead atoms. The lowest BCUT2D eigenvalue weighted by Gasteiger charge is -2.35. The molecule has 2 aromatic heterocycles. The van der Waals surface area contributed by atoms with Crippen molar-refractivity contribution >= 4 is 42.9 Å². The van der Waals surface area contributed by atoms with E-state index in [1.807, 2.05) is 13.1 Å². The summed E-state index contributed by atoms with van der Waals surface area (Å²) in [5.74, 6) is 0. The van der Waals surface area contributed by atoms with Gasteiger partial charge in [0.15, 0.2) is 14.0 Å². The lowest BCUT2D eigenvalue weighted by atomic mass is 10.2. The first-order valence-corrected chi connectivity index (χ1v) is 12.1. The molecule has 0 aliphatic rings. The van der Waals surface area contributed by atoms with Crippen molar-refractivity contribution in [3.8, 4) is 10.6 Å². The maximum absolute atomic E-state index is 13.4. The number of halogens is 5. The minimum Gasteiger partial charge on any atom is -0.410 e. The largest absolute Gasteiger partial charge is 0.434 e. The molecule has 0 saturated heterocycles. The zero-order valence-electron chi connectivity index (χ0n) is 14.8. The van der Waals surface area contributed by atoms with Crippen molar-refractivity contribution in [2.75, 3.05) is 0 Å². The van der Waals surface area contributed by atoms with Crippen molar-refractivity contribution in [3.05, 3.63) is 27.2 Å². The molecule has 0 spiro atoms. The maximum atomic E-state index is 13.4. The summed E-state index contributed by atoms with van der Waals surface area (Å²) in [6, 6.07) is 0. The first-order chi connectivity index (χ1) is 11.7. The smallest absolute Gasteiger partial charge is 0.410 e. The zero-order valence-corrected chi connectivity index (χ0v) is 18.2. The van der Waals surface area contributed by atoms with Gasteiger partial charge in [0, 0.05) is 0 Å². The highest BCUT2D eigenvalue weighted by Gasteiger charge is 2.40. The second-order valence-corrected chi connectivity index (χ2v) is 13.8. The second kappa shape index (κ2) is 7.35. The van der Waals surface area contributed by atoms with Crippen molar-refractivity contribution in [3.63, 3.8) is 0 Å². The van der Waals surface area contributed by atoms with E-state index in [4.69, 9.17) is 27.6 Å². The summed E-state index contributed by atoms with van der Waals surface area (Å²) in [6.45, 7) is 10.2. The van der Waals surface area contributed by atoms with Crippen LogP contribution in [0.5, 0.6) is 0 Å². The number of thiazole rings is 1. The van der Waals surface area contributed by atoms with Crippen molar-refractivity contribution in [2.45, 2.75) is 51.7 Å². The van der Waals surface area contributed by atoms with Gasteiger partial charge in [-0.25, -0.2) is 15.0 Å². The fourth-order valence-corrected chi connectivity index (χ4v) is 4.15. The van der Waals surface area contributed by atoms with Crippen LogP contribution < -0.4 is 0 Å². The van der Waals surface area contributed by atoms with Gasteiger partial charge < -0.3 is 4.43 Å². The molecule has 0 aromatic carbocycles. The van der Waals surface area contributed by atoms with Crippen LogP contribution in [-0.4, -0.2) is 23.3 Å². The number of hydrogen-bond acceptors (Lipinski definition) is 5. The molecule has 144 valence electrons. The lowest BCUT2D eigenvalue weighted by molar-refractivity contribution is -0.140. The molecule has 2 heterocycles. The average Bonchev–Trinajstić information content (AvgIpc) is 2.91. The van der Waals surface area contributed by atoms with Gasteiger partial charge in [-0.1, -0.05) is 32.4 Å². The number of aromatic nitrogens is 3. The summed E-state index contributed by atoms with van der Waals surface area (Å²) in [5.41, 5.74) is -1.14. The van der Waals surface area contributed by atoms with Gasteiger partial charge in [0.05, 0.1) is 22.7 Å². The zero-order chi connectivity index (χ0) is 19.9. The summed E-state index contributed by atoms with van der Waals surface area (Å²) >= 11 is 12.5. The SMILES string of the molecule is CC(C)(C)[Si](C)(C)OCc1nc(C(F)(F)F)c(-c2nc(Cl)ncc2Cl)s1. The third-order valence-electron chi connectivity index (χ3n) is 4.23. The molecule has 11 heteroatoms. The Morgan fingerprint density at radius 3 is 2.31 bits per heavy atom. The Hall–Kier alpha value is -0.743. The Morgan fingerprint density at radius 2 is 1.77 bits per heavy atom. The van der Waals surface area contributed by atoms with Crippen LogP contribution in [0.4, 0.5) is 13.2 Å². The third-order valence-corrected chi connectivity index (χ3v) is 10.2. The van der Waals surface area contributed by atoms with Gasteiger partial charge in [0.2, 0.25) is 5.28 Å². The number of rotatable bonds is 4. The standard InChI is InChI=1S/C15H18Cl2F3N3OSSi/c1-14(2,3)26(4,5)24-7-9-22-12(15(18,19)20)11(25-9)10-8(16)6-21-13(17)23-10/h6H,7H2,1-5H3. The first-order valence-electron chi connectivity index (χ1n) is 7.61. The van der Waals surface area contributed by atoms with Crippen LogP contribution in [0, 0.1) is 0 Å². The molecular formula is C15H18Cl2F3N3OSSi. The van der Waals surface area contributed by atoms with Crippen molar-refractivity contribution in [1.29, 1.82) is 0 Å². The fourth-order valence-electron chi connectivity index (χ4n) is 1.74. The molecule has 0 radical (unpaired) electrons. The molecule has 0 amide bonds. The Balaban J connectivity index is 2.43. The van der Waals surface area contributed by atoms with E-state index in [1.54, 1.807) is 0 Å². The van der Waals surface area contributed by atoms with Crippen LogP contribution in [0.3, 0.4) is 0 Å². The first kappa shape index (κ1) is 21.6. The Kier molecular flexibility index (Phi) is 6.09. The van der Waals surface area contributed by atoms with Crippen LogP contribution in [0.2, 0.25) is 28.4 Å². The third kappa shape index (κ3) is 4.75. The van der Waals surface area contributed by atoms with E-state index in [1.165, 1.54) is 0 Å². The molecule has 0 atom stereocenters. The Bertz CT molecular complexity index is 806. The molecule has 26 heavy (non-hydrogen) atoms. The Labute approximate surface area is 164 Å². The maximum Gasteiger partial charge on any atom is 0.434 e. The van der Waals surface area contributed by atoms with Gasteiger partial charge in [-0.05, 0) is 29.7 Å². The number of alkyl halides is 3. The van der Waals surface area contributed by atoms with E-state index < -0.39 is 20.2 Å². The molecule has 0 aliphatic carbocycles. The van der Waals surface area contributed by atoms with E-state index in [-0.39, 0.29) is 37.5 Å². The van der Waals surface area contributed by atoms with Crippen LogP contribution in [0.15, 0.2) is 6.20 Å². The van der Waals surface area contributed by atoms with E-state index in [9.17, 15) is 13.2 Å². The molecule has 0 fully saturated rings. The van der Waals surface area contributed by atoms with Crippen LogP contribution in [0.25, 0.3) is 10.6 Å². The van der Waals surface area contributed by atoms with E-state index >= 15 is 0 Å².